The monoisotopic (exact) mass is 424 g/mol. The molecule has 0 aliphatic carbocycles. The maximum atomic E-state index is 13.2. The zero-order valence-electron chi connectivity index (χ0n) is 14.3. The number of aromatic nitrogens is 1. The Balaban J connectivity index is 2.29. The second kappa shape index (κ2) is 8.57. The van der Waals surface area contributed by atoms with Crippen molar-refractivity contribution in [3.8, 4) is 0 Å². The summed E-state index contributed by atoms with van der Waals surface area (Å²) in [5.74, 6) is -0.669. The first-order valence-corrected chi connectivity index (χ1v) is 8.74. The van der Waals surface area contributed by atoms with Crippen LogP contribution in [0.2, 0.25) is 15.1 Å². The summed E-state index contributed by atoms with van der Waals surface area (Å²) in [5, 5.41) is 2.13. The van der Waals surface area contributed by atoms with Crippen molar-refractivity contribution < 1.29 is 18.4 Å². The van der Waals surface area contributed by atoms with Gasteiger partial charge >= 0.3 is 0 Å². The molecular formula is C17H17Cl3F2N2O2. The molecule has 0 aliphatic rings. The maximum Gasteiger partial charge on any atom is 0.279 e. The average Bonchev–Trinajstić information content (AvgIpc) is 2.93. The first-order valence-electron chi connectivity index (χ1n) is 7.60. The molecular weight excluding hydrogens is 409 g/mol. The Morgan fingerprint density at radius 1 is 1.23 bits per heavy atom. The van der Waals surface area contributed by atoms with Crippen molar-refractivity contribution in [3.63, 3.8) is 0 Å². The van der Waals surface area contributed by atoms with Crippen molar-refractivity contribution >= 4 is 40.7 Å². The van der Waals surface area contributed by atoms with E-state index < -0.39 is 18.4 Å². The van der Waals surface area contributed by atoms with Crippen LogP contribution in [0.25, 0.3) is 0 Å². The van der Waals surface area contributed by atoms with Gasteiger partial charge in [-0.15, -0.1) is 0 Å². The van der Waals surface area contributed by atoms with Crippen molar-refractivity contribution in [2.24, 2.45) is 7.05 Å². The highest BCUT2D eigenvalue weighted by atomic mass is 35.5. The molecule has 0 aliphatic heterocycles. The quantitative estimate of drug-likeness (QED) is 0.568. The minimum Gasteiger partial charge on any atom is -0.356 e. The van der Waals surface area contributed by atoms with Crippen molar-refractivity contribution in [2.75, 3.05) is 7.11 Å². The van der Waals surface area contributed by atoms with Crippen LogP contribution in [-0.4, -0.2) is 28.7 Å². The molecule has 1 atom stereocenters. The Labute approximate surface area is 165 Å². The molecule has 1 aromatic heterocycles. The molecule has 9 heteroatoms. The largest absolute Gasteiger partial charge is 0.356 e. The molecule has 1 aromatic carbocycles. The van der Waals surface area contributed by atoms with E-state index in [1.807, 2.05) is 0 Å². The van der Waals surface area contributed by atoms with Crippen LogP contribution in [0.5, 0.6) is 0 Å². The van der Waals surface area contributed by atoms with Crippen LogP contribution in [0, 0.1) is 0 Å². The van der Waals surface area contributed by atoms with E-state index in [1.165, 1.54) is 24.1 Å². The number of amides is 1. The standard InChI is InChI=1S/C17H17Cl3F2N2O2/c1-9(4-11-14(19)5-10(18)6-15(11)20)24(26-3)17(25)13-8-23(2)7-12(13)16(21)22/h5-9,16H,4H2,1-3H3/t9-/m0/s1. The Morgan fingerprint density at radius 2 is 1.81 bits per heavy atom. The Kier molecular flexibility index (Phi) is 6.91. The molecule has 142 valence electrons. The molecule has 1 heterocycles. The number of carbonyl (C=O) groups excluding carboxylic acids is 1. The molecule has 0 saturated heterocycles. The fourth-order valence-corrected chi connectivity index (χ4v) is 3.66. The normalized spacial score (nSPS) is 12.5. The molecule has 0 saturated carbocycles. The van der Waals surface area contributed by atoms with Gasteiger partial charge in [0.1, 0.15) is 0 Å². The number of nitrogens with zero attached hydrogens (tertiary/aromatic N) is 2. The number of hydroxylamine groups is 2. The van der Waals surface area contributed by atoms with Crippen molar-refractivity contribution in [1.29, 1.82) is 0 Å². The van der Waals surface area contributed by atoms with E-state index in [-0.39, 0.29) is 17.5 Å². The second-order valence-corrected chi connectivity index (χ2v) is 7.06. The molecule has 0 bridgehead atoms. The van der Waals surface area contributed by atoms with Gasteiger partial charge in [0.2, 0.25) is 0 Å². The molecule has 4 nitrogen and oxygen atoms in total. The molecule has 2 rings (SSSR count). The van der Waals surface area contributed by atoms with E-state index in [0.29, 0.717) is 20.6 Å². The fraction of sp³-hybridized carbons (Fsp3) is 0.353. The minimum atomic E-state index is -2.77. The third kappa shape index (κ3) is 4.49. The fourth-order valence-electron chi connectivity index (χ4n) is 2.68. The van der Waals surface area contributed by atoms with Crippen LogP contribution in [0.4, 0.5) is 8.78 Å². The van der Waals surface area contributed by atoms with Gasteiger partial charge in [0.15, 0.2) is 0 Å². The van der Waals surface area contributed by atoms with E-state index in [2.05, 4.69) is 0 Å². The predicted molar refractivity (Wildman–Crippen MR) is 98.2 cm³/mol. The molecule has 1 amide bonds. The van der Waals surface area contributed by atoms with E-state index in [4.69, 9.17) is 39.6 Å². The zero-order chi connectivity index (χ0) is 19.6. The number of alkyl halides is 2. The van der Waals surface area contributed by atoms with Crippen molar-refractivity contribution in [3.05, 3.63) is 56.3 Å². The van der Waals surface area contributed by atoms with Gasteiger partial charge < -0.3 is 4.57 Å². The van der Waals surface area contributed by atoms with Crippen LogP contribution >= 0.6 is 34.8 Å². The lowest BCUT2D eigenvalue weighted by molar-refractivity contribution is -0.119. The number of halogens is 5. The number of carbonyl (C=O) groups is 1. The van der Waals surface area contributed by atoms with Crippen LogP contribution in [0.3, 0.4) is 0 Å². The molecule has 0 fully saturated rings. The molecule has 0 radical (unpaired) electrons. The van der Waals surface area contributed by atoms with Crippen LogP contribution in [0.1, 0.15) is 34.8 Å². The van der Waals surface area contributed by atoms with E-state index >= 15 is 0 Å². The third-order valence-electron chi connectivity index (χ3n) is 3.85. The summed E-state index contributed by atoms with van der Waals surface area (Å²) in [7, 11) is 2.86. The summed E-state index contributed by atoms with van der Waals surface area (Å²) in [6.07, 6.45) is 0.0312. The summed E-state index contributed by atoms with van der Waals surface area (Å²) in [6, 6.07) is 2.57. The lowest BCUT2D eigenvalue weighted by Crippen LogP contribution is -2.39. The van der Waals surface area contributed by atoms with Gasteiger partial charge in [0, 0.05) is 40.1 Å². The molecule has 0 unspecified atom stereocenters. The van der Waals surface area contributed by atoms with Crippen LogP contribution in [-0.2, 0) is 18.3 Å². The number of aryl methyl sites for hydroxylation is 1. The molecule has 0 spiro atoms. The Morgan fingerprint density at radius 3 is 2.31 bits per heavy atom. The third-order valence-corrected chi connectivity index (χ3v) is 4.75. The lowest BCUT2D eigenvalue weighted by Gasteiger charge is -2.27. The Bertz CT molecular complexity index is 788. The van der Waals surface area contributed by atoms with E-state index in [9.17, 15) is 13.6 Å². The summed E-state index contributed by atoms with van der Waals surface area (Å²) >= 11 is 18.3. The second-order valence-electron chi connectivity index (χ2n) is 5.81. The molecule has 26 heavy (non-hydrogen) atoms. The summed E-state index contributed by atoms with van der Waals surface area (Å²) in [5.41, 5.74) is 0.112. The Hall–Kier alpha value is -1.34. The number of hydrogen-bond donors (Lipinski definition) is 0. The van der Waals surface area contributed by atoms with Gasteiger partial charge in [0.05, 0.1) is 18.7 Å². The summed E-state index contributed by atoms with van der Waals surface area (Å²) in [6.45, 7) is 1.70. The summed E-state index contributed by atoms with van der Waals surface area (Å²) < 4.78 is 27.8. The summed E-state index contributed by atoms with van der Waals surface area (Å²) in [4.78, 5) is 17.9. The van der Waals surface area contributed by atoms with Crippen molar-refractivity contribution in [2.45, 2.75) is 25.8 Å². The van der Waals surface area contributed by atoms with Gasteiger partial charge in [-0.25, -0.2) is 13.8 Å². The topological polar surface area (TPSA) is 34.5 Å². The average molecular weight is 426 g/mol. The van der Waals surface area contributed by atoms with E-state index in [0.717, 1.165) is 5.06 Å². The van der Waals surface area contributed by atoms with Crippen LogP contribution < -0.4 is 0 Å². The van der Waals surface area contributed by atoms with Gasteiger partial charge in [-0.05, 0) is 31.0 Å². The zero-order valence-corrected chi connectivity index (χ0v) is 16.5. The van der Waals surface area contributed by atoms with Gasteiger partial charge in [0.25, 0.3) is 12.3 Å². The lowest BCUT2D eigenvalue weighted by atomic mass is 10.1. The number of rotatable bonds is 6. The molecule has 2 aromatic rings. The van der Waals surface area contributed by atoms with E-state index in [1.54, 1.807) is 26.1 Å². The number of benzene rings is 1. The first kappa shape index (κ1) is 21.0. The highest BCUT2D eigenvalue weighted by Crippen LogP contribution is 2.31. The molecule has 0 N–H and O–H groups in total. The predicted octanol–water partition coefficient (Wildman–Crippen LogP) is 5.56. The minimum absolute atomic E-state index is 0.121. The van der Waals surface area contributed by atoms with Crippen LogP contribution in [0.15, 0.2) is 24.5 Å². The highest BCUT2D eigenvalue weighted by molar-refractivity contribution is 6.39. The smallest absolute Gasteiger partial charge is 0.279 e. The first-order chi connectivity index (χ1) is 12.1. The number of hydrogen-bond acceptors (Lipinski definition) is 2. The van der Waals surface area contributed by atoms with Gasteiger partial charge in [-0.3, -0.25) is 9.63 Å². The highest BCUT2D eigenvalue weighted by Gasteiger charge is 2.28. The van der Waals surface area contributed by atoms with Crippen molar-refractivity contribution in [1.82, 2.24) is 9.63 Å². The SMILES string of the molecule is CON(C(=O)c1cn(C)cc1C(F)F)[C@@H](C)Cc1c(Cl)cc(Cl)cc1Cl. The van der Waals surface area contributed by atoms with Gasteiger partial charge in [-0.1, -0.05) is 34.8 Å². The maximum absolute atomic E-state index is 13.2. The van der Waals surface area contributed by atoms with Gasteiger partial charge in [-0.2, -0.15) is 0 Å².